The van der Waals surface area contributed by atoms with Gasteiger partial charge in [0.05, 0.1) is 22.9 Å². The van der Waals surface area contributed by atoms with Crippen LogP contribution >= 0.6 is 0 Å². The van der Waals surface area contributed by atoms with Crippen molar-refractivity contribution in [3.63, 3.8) is 0 Å². The zero-order valence-electron chi connectivity index (χ0n) is 17.2. The van der Waals surface area contributed by atoms with Crippen LogP contribution in [0.4, 0.5) is 0 Å². The van der Waals surface area contributed by atoms with Crippen molar-refractivity contribution < 1.29 is 18.0 Å². The normalized spacial score (nSPS) is 15.0. The van der Waals surface area contributed by atoms with E-state index in [0.717, 1.165) is 51.4 Å². The molecule has 0 atom stereocenters. The molecule has 6 rings (SSSR count). The number of nitrogens with one attached hydrogen (secondary N) is 3. The Morgan fingerprint density at radius 2 is 1.75 bits per heavy atom. The fourth-order valence-corrected chi connectivity index (χ4v) is 5.49. The third-order valence-electron chi connectivity index (χ3n) is 6.37. The fraction of sp³-hybridized carbons (Fsp3) is 0.167. The third kappa shape index (κ3) is 2.73. The standard InChI is InChI=1S/C24H19N3O4S/c1-32(30,31)25-11-12-6-9-17-16(10-12)19-21-20(23(28)27-24(21)29)15-8-7-13-4-2-3-5-14(13)18(15)22(19)26-17/h2-6,9-10,25-26H,7-8,11H2,1H3,(H,27,28,29). The van der Waals surface area contributed by atoms with E-state index in [1.165, 1.54) is 5.56 Å². The van der Waals surface area contributed by atoms with E-state index >= 15 is 0 Å². The summed E-state index contributed by atoms with van der Waals surface area (Å²) in [6.07, 6.45) is 2.61. The summed E-state index contributed by atoms with van der Waals surface area (Å²) in [5.41, 5.74) is 7.45. The van der Waals surface area contributed by atoms with Crippen LogP contribution in [0, 0.1) is 0 Å². The smallest absolute Gasteiger partial charge is 0.259 e. The topological polar surface area (TPSA) is 108 Å². The number of benzene rings is 3. The average molecular weight is 446 g/mol. The number of amides is 2. The van der Waals surface area contributed by atoms with Gasteiger partial charge in [0.1, 0.15) is 0 Å². The second-order valence-electron chi connectivity index (χ2n) is 8.39. The van der Waals surface area contributed by atoms with Gasteiger partial charge in [-0.15, -0.1) is 0 Å². The molecule has 0 fully saturated rings. The monoisotopic (exact) mass is 445 g/mol. The van der Waals surface area contributed by atoms with Crippen LogP contribution in [0.1, 0.15) is 37.4 Å². The summed E-state index contributed by atoms with van der Waals surface area (Å²) in [4.78, 5) is 29.2. The van der Waals surface area contributed by atoms with Crippen molar-refractivity contribution in [2.45, 2.75) is 19.4 Å². The summed E-state index contributed by atoms with van der Waals surface area (Å²) in [5, 5.41) is 3.97. The zero-order chi connectivity index (χ0) is 22.2. The van der Waals surface area contributed by atoms with Gasteiger partial charge < -0.3 is 4.98 Å². The number of hydrogen-bond donors (Lipinski definition) is 3. The van der Waals surface area contributed by atoms with Gasteiger partial charge in [-0.05, 0) is 47.2 Å². The Morgan fingerprint density at radius 3 is 2.56 bits per heavy atom. The van der Waals surface area contributed by atoms with Crippen molar-refractivity contribution in [3.8, 4) is 11.1 Å². The molecule has 4 aromatic rings. The van der Waals surface area contributed by atoms with Crippen LogP contribution in [0.2, 0.25) is 0 Å². The first kappa shape index (κ1) is 19.2. The van der Waals surface area contributed by atoms with Crippen LogP contribution in [0.5, 0.6) is 0 Å². The van der Waals surface area contributed by atoms with Crippen LogP contribution in [0.15, 0.2) is 42.5 Å². The highest BCUT2D eigenvalue weighted by atomic mass is 32.2. The molecule has 2 aliphatic rings. The largest absolute Gasteiger partial charge is 0.354 e. The summed E-state index contributed by atoms with van der Waals surface area (Å²) in [6.45, 7) is 0.141. The molecular weight excluding hydrogens is 426 g/mol. The number of sulfonamides is 1. The van der Waals surface area contributed by atoms with Crippen molar-refractivity contribution in [1.29, 1.82) is 0 Å². The molecule has 7 nitrogen and oxygen atoms in total. The van der Waals surface area contributed by atoms with E-state index in [9.17, 15) is 18.0 Å². The van der Waals surface area contributed by atoms with Gasteiger partial charge in [-0.3, -0.25) is 14.9 Å². The molecule has 0 unspecified atom stereocenters. The first-order valence-corrected chi connectivity index (χ1v) is 12.2. The molecule has 0 bridgehead atoms. The first-order chi connectivity index (χ1) is 15.3. The van der Waals surface area contributed by atoms with Crippen LogP contribution in [-0.2, 0) is 29.4 Å². The second-order valence-corrected chi connectivity index (χ2v) is 10.2. The predicted octanol–water partition coefficient (Wildman–Crippen LogP) is 3.02. The summed E-state index contributed by atoms with van der Waals surface area (Å²) < 4.78 is 25.6. The van der Waals surface area contributed by atoms with Gasteiger partial charge in [-0.25, -0.2) is 13.1 Å². The van der Waals surface area contributed by atoms with E-state index in [-0.39, 0.29) is 12.5 Å². The van der Waals surface area contributed by atoms with Gasteiger partial charge in [-0.2, -0.15) is 0 Å². The maximum atomic E-state index is 12.9. The average Bonchev–Trinajstić information content (AvgIpc) is 3.28. The molecule has 3 aromatic carbocycles. The number of aryl methyl sites for hydroxylation is 1. The molecular formula is C24H19N3O4S. The molecule has 1 aliphatic carbocycles. The number of carbonyl (C=O) groups excluding carboxylic acids is 2. The van der Waals surface area contributed by atoms with Crippen LogP contribution < -0.4 is 10.0 Å². The minimum Gasteiger partial charge on any atom is -0.354 e. The lowest BCUT2D eigenvalue weighted by Gasteiger charge is -2.22. The molecule has 1 aliphatic heterocycles. The van der Waals surface area contributed by atoms with E-state index in [0.29, 0.717) is 22.9 Å². The number of hydrogen-bond acceptors (Lipinski definition) is 4. The Bertz CT molecular complexity index is 1620. The maximum absolute atomic E-state index is 12.9. The van der Waals surface area contributed by atoms with Gasteiger partial charge in [0.15, 0.2) is 0 Å². The van der Waals surface area contributed by atoms with Crippen LogP contribution in [0.3, 0.4) is 0 Å². The van der Waals surface area contributed by atoms with Crippen molar-refractivity contribution in [1.82, 2.24) is 15.0 Å². The molecule has 0 spiro atoms. The molecule has 2 amide bonds. The van der Waals surface area contributed by atoms with E-state index in [2.05, 4.69) is 27.2 Å². The van der Waals surface area contributed by atoms with E-state index < -0.39 is 15.9 Å². The minimum atomic E-state index is -3.34. The van der Waals surface area contributed by atoms with Crippen molar-refractivity contribution >= 4 is 43.6 Å². The first-order valence-electron chi connectivity index (χ1n) is 10.3. The molecule has 2 heterocycles. The summed E-state index contributed by atoms with van der Waals surface area (Å²) in [6, 6.07) is 13.8. The summed E-state index contributed by atoms with van der Waals surface area (Å²) in [5.74, 6) is -0.746. The van der Waals surface area contributed by atoms with Crippen LogP contribution in [0.25, 0.3) is 32.9 Å². The maximum Gasteiger partial charge on any atom is 0.259 e. The minimum absolute atomic E-state index is 0.141. The van der Waals surface area contributed by atoms with Crippen molar-refractivity contribution in [2.24, 2.45) is 0 Å². The Kier molecular flexibility index (Phi) is 3.91. The van der Waals surface area contributed by atoms with Crippen molar-refractivity contribution in [3.05, 3.63) is 70.3 Å². The Balaban J connectivity index is 1.71. The number of imide groups is 1. The Morgan fingerprint density at radius 1 is 0.969 bits per heavy atom. The highest BCUT2D eigenvalue weighted by Gasteiger charge is 2.37. The molecule has 8 heteroatoms. The highest BCUT2D eigenvalue weighted by Crippen LogP contribution is 2.45. The SMILES string of the molecule is CS(=O)(=O)NCc1ccc2[nH]c3c4c(c5c(c3c2c1)C(=O)NC5=O)CCc1ccccc1-4. The number of aromatic amines is 1. The Hall–Kier alpha value is -3.49. The lowest BCUT2D eigenvalue weighted by atomic mass is 9.80. The van der Waals surface area contributed by atoms with E-state index in [1.54, 1.807) is 0 Å². The molecule has 32 heavy (non-hydrogen) atoms. The van der Waals surface area contributed by atoms with Crippen LogP contribution in [-0.4, -0.2) is 31.5 Å². The fourth-order valence-electron chi connectivity index (χ4n) is 5.06. The van der Waals surface area contributed by atoms with E-state index in [4.69, 9.17) is 0 Å². The molecule has 160 valence electrons. The molecule has 0 saturated carbocycles. The van der Waals surface area contributed by atoms with Crippen molar-refractivity contribution in [2.75, 3.05) is 6.26 Å². The number of H-pyrrole nitrogens is 1. The van der Waals surface area contributed by atoms with Gasteiger partial charge in [-0.1, -0.05) is 30.3 Å². The molecule has 0 radical (unpaired) electrons. The number of aromatic nitrogens is 1. The quantitative estimate of drug-likeness (QED) is 0.421. The summed E-state index contributed by atoms with van der Waals surface area (Å²) >= 11 is 0. The number of rotatable bonds is 3. The number of carbonyl (C=O) groups is 2. The zero-order valence-corrected chi connectivity index (χ0v) is 18.0. The Labute approximate surface area is 183 Å². The molecule has 1 aromatic heterocycles. The predicted molar refractivity (Wildman–Crippen MR) is 122 cm³/mol. The van der Waals surface area contributed by atoms with Gasteiger partial charge in [0, 0.05) is 28.4 Å². The highest BCUT2D eigenvalue weighted by molar-refractivity contribution is 7.88. The van der Waals surface area contributed by atoms with Gasteiger partial charge >= 0.3 is 0 Å². The van der Waals surface area contributed by atoms with Gasteiger partial charge in [0.2, 0.25) is 10.0 Å². The number of fused-ring (bicyclic) bond motifs is 10. The van der Waals surface area contributed by atoms with Gasteiger partial charge in [0.25, 0.3) is 11.8 Å². The second kappa shape index (κ2) is 6.51. The molecule has 0 saturated heterocycles. The van der Waals surface area contributed by atoms with E-state index in [1.807, 2.05) is 30.3 Å². The third-order valence-corrected chi connectivity index (χ3v) is 7.04. The summed E-state index contributed by atoms with van der Waals surface area (Å²) in [7, 11) is -3.34. The lowest BCUT2D eigenvalue weighted by molar-refractivity contribution is 0.0880. The molecule has 3 N–H and O–H groups in total. The lowest BCUT2D eigenvalue weighted by Crippen LogP contribution is -2.21.